The number of carbonyl (C=O) groups is 1. The van der Waals surface area contributed by atoms with Gasteiger partial charge in [-0.15, -0.1) is 11.3 Å². The first-order valence-corrected chi connectivity index (χ1v) is 11.9. The molecule has 7 heteroatoms. The number of amides is 1. The van der Waals surface area contributed by atoms with Crippen LogP contribution in [0.2, 0.25) is 0 Å². The molecule has 3 aromatic rings. The molecule has 0 radical (unpaired) electrons. The van der Waals surface area contributed by atoms with Gasteiger partial charge >= 0.3 is 0 Å². The summed E-state index contributed by atoms with van der Waals surface area (Å²) in [7, 11) is 1.62. The predicted molar refractivity (Wildman–Crippen MR) is 131 cm³/mol. The van der Waals surface area contributed by atoms with Crippen LogP contribution in [0.5, 0.6) is 11.5 Å². The van der Waals surface area contributed by atoms with E-state index in [2.05, 4.69) is 29.0 Å². The fourth-order valence-electron chi connectivity index (χ4n) is 3.45. The van der Waals surface area contributed by atoms with E-state index in [0.717, 1.165) is 43.0 Å². The van der Waals surface area contributed by atoms with Crippen LogP contribution in [0.25, 0.3) is 10.6 Å². The minimum atomic E-state index is -0.177. The van der Waals surface area contributed by atoms with Gasteiger partial charge in [0, 0.05) is 41.0 Å². The summed E-state index contributed by atoms with van der Waals surface area (Å²) in [5.74, 6) is 1.09. The molecule has 170 valence electrons. The fraction of sp³-hybridized carbons (Fsp3) is 0.360. The first kappa shape index (κ1) is 23.8. The minimum Gasteiger partial charge on any atom is -0.493 e. The molecule has 2 aromatic carbocycles. The van der Waals surface area contributed by atoms with Crippen molar-refractivity contribution in [3.63, 3.8) is 0 Å². The van der Waals surface area contributed by atoms with Gasteiger partial charge in [0.1, 0.15) is 11.6 Å². The van der Waals surface area contributed by atoms with Crippen molar-refractivity contribution in [2.45, 2.75) is 26.7 Å². The van der Waals surface area contributed by atoms with Crippen LogP contribution in [0.15, 0.2) is 54.0 Å². The quantitative estimate of drug-likeness (QED) is 0.388. The lowest BCUT2D eigenvalue weighted by Crippen LogP contribution is -2.30. The van der Waals surface area contributed by atoms with Gasteiger partial charge in [-0.05, 0) is 50.2 Å². The lowest BCUT2D eigenvalue weighted by Gasteiger charge is -2.21. The van der Waals surface area contributed by atoms with Gasteiger partial charge < -0.3 is 14.8 Å². The van der Waals surface area contributed by atoms with E-state index in [1.165, 1.54) is 0 Å². The number of thiazole rings is 1. The first-order chi connectivity index (χ1) is 15.6. The topological polar surface area (TPSA) is 63.7 Å². The maximum atomic E-state index is 12.7. The molecule has 0 atom stereocenters. The van der Waals surface area contributed by atoms with E-state index >= 15 is 0 Å². The van der Waals surface area contributed by atoms with Gasteiger partial charge in [-0.1, -0.05) is 26.0 Å². The molecule has 1 heterocycles. The van der Waals surface area contributed by atoms with Crippen LogP contribution in [-0.4, -0.2) is 49.1 Å². The highest BCUT2D eigenvalue weighted by atomic mass is 32.1. The maximum absolute atomic E-state index is 12.7. The van der Waals surface area contributed by atoms with Gasteiger partial charge in [-0.3, -0.25) is 9.69 Å². The van der Waals surface area contributed by atoms with Crippen LogP contribution < -0.4 is 14.8 Å². The largest absolute Gasteiger partial charge is 0.493 e. The average molecular weight is 454 g/mol. The van der Waals surface area contributed by atoms with Crippen LogP contribution >= 0.6 is 11.3 Å². The Labute approximate surface area is 194 Å². The second kappa shape index (κ2) is 12.2. The Hall–Kier alpha value is -2.90. The summed E-state index contributed by atoms with van der Waals surface area (Å²) in [6, 6.07) is 12.9. The Morgan fingerprint density at radius 2 is 1.78 bits per heavy atom. The monoisotopic (exact) mass is 453 g/mol. The summed E-state index contributed by atoms with van der Waals surface area (Å²) in [4.78, 5) is 19.4. The van der Waals surface area contributed by atoms with Gasteiger partial charge in [0.2, 0.25) is 0 Å². The summed E-state index contributed by atoms with van der Waals surface area (Å²) in [6.45, 7) is 7.91. The van der Waals surface area contributed by atoms with Crippen LogP contribution in [0.4, 0.5) is 5.69 Å². The van der Waals surface area contributed by atoms with Crippen molar-refractivity contribution >= 4 is 22.9 Å². The van der Waals surface area contributed by atoms with Gasteiger partial charge in [-0.25, -0.2) is 4.98 Å². The molecule has 0 fully saturated rings. The highest BCUT2D eigenvalue weighted by Gasteiger charge is 2.11. The number of anilines is 1. The summed E-state index contributed by atoms with van der Waals surface area (Å²) >= 11 is 1.57. The van der Waals surface area contributed by atoms with Crippen molar-refractivity contribution in [3.05, 3.63) is 59.6 Å². The van der Waals surface area contributed by atoms with Crippen molar-refractivity contribution in [2.24, 2.45) is 0 Å². The second-order valence-electron chi connectivity index (χ2n) is 7.42. The van der Waals surface area contributed by atoms with E-state index in [0.29, 0.717) is 29.4 Å². The number of aromatic nitrogens is 1. The number of ether oxygens (including phenoxy) is 2. The fourth-order valence-corrected chi connectivity index (χ4v) is 4.10. The van der Waals surface area contributed by atoms with E-state index < -0.39 is 0 Å². The Kier molecular flexibility index (Phi) is 9.07. The van der Waals surface area contributed by atoms with Gasteiger partial charge in [0.05, 0.1) is 7.11 Å². The highest BCUT2D eigenvalue weighted by Crippen LogP contribution is 2.30. The normalized spacial score (nSPS) is 10.9. The van der Waals surface area contributed by atoms with E-state index in [1.807, 2.05) is 47.8 Å². The Morgan fingerprint density at radius 1 is 1.03 bits per heavy atom. The number of rotatable bonds is 12. The van der Waals surface area contributed by atoms with E-state index in [-0.39, 0.29) is 5.91 Å². The highest BCUT2D eigenvalue weighted by molar-refractivity contribution is 7.13. The lowest BCUT2D eigenvalue weighted by molar-refractivity contribution is 0.102. The van der Waals surface area contributed by atoms with Crippen molar-refractivity contribution in [2.75, 3.05) is 38.7 Å². The van der Waals surface area contributed by atoms with Crippen LogP contribution in [0.1, 0.15) is 37.0 Å². The summed E-state index contributed by atoms with van der Waals surface area (Å²) in [6.07, 6.45) is 4.01. The molecule has 3 rings (SSSR count). The molecule has 1 amide bonds. The molecule has 0 spiro atoms. The number of nitrogens with zero attached hydrogens (tertiary/aromatic N) is 2. The molecule has 0 aliphatic heterocycles. The minimum absolute atomic E-state index is 0.177. The summed E-state index contributed by atoms with van der Waals surface area (Å²) in [5.41, 5.74) is 2.24. The molecular formula is C25H31N3O3S. The first-order valence-electron chi connectivity index (χ1n) is 11.0. The predicted octanol–water partition coefficient (Wildman–Crippen LogP) is 5.57. The molecule has 0 bridgehead atoms. The molecule has 0 saturated carbocycles. The van der Waals surface area contributed by atoms with E-state index in [9.17, 15) is 4.79 Å². The molecule has 0 unspecified atom stereocenters. The third-order valence-corrected chi connectivity index (χ3v) is 5.81. The van der Waals surface area contributed by atoms with Gasteiger partial charge in [0.25, 0.3) is 5.91 Å². The second-order valence-corrected chi connectivity index (χ2v) is 8.32. The van der Waals surface area contributed by atoms with Crippen LogP contribution in [-0.2, 0) is 0 Å². The standard InChI is InChI=1S/C25H31N3O3S/c1-4-13-28(14-5-2)15-16-31-23-18-21(10-11-22(23)30-3)27-24(29)19-6-8-20(9-7-19)25-26-12-17-32-25/h6-12,17-18H,4-5,13-16H2,1-3H3,(H,27,29). The maximum Gasteiger partial charge on any atom is 0.255 e. The third kappa shape index (κ3) is 6.55. The van der Waals surface area contributed by atoms with Crippen molar-refractivity contribution in [1.29, 1.82) is 0 Å². The Morgan fingerprint density at radius 3 is 2.41 bits per heavy atom. The van der Waals surface area contributed by atoms with Gasteiger partial charge in [-0.2, -0.15) is 0 Å². The summed E-state index contributed by atoms with van der Waals surface area (Å²) in [5, 5.41) is 5.82. The molecule has 32 heavy (non-hydrogen) atoms. The van der Waals surface area contributed by atoms with Crippen molar-refractivity contribution < 1.29 is 14.3 Å². The molecule has 0 aliphatic rings. The van der Waals surface area contributed by atoms with Crippen molar-refractivity contribution in [1.82, 2.24) is 9.88 Å². The zero-order valence-electron chi connectivity index (χ0n) is 19.0. The SMILES string of the molecule is CCCN(CCC)CCOc1cc(NC(=O)c2ccc(-c3nccs3)cc2)ccc1OC. The molecule has 1 aromatic heterocycles. The lowest BCUT2D eigenvalue weighted by atomic mass is 10.1. The average Bonchev–Trinajstić information content (AvgIpc) is 3.35. The molecular weight excluding hydrogens is 422 g/mol. The van der Waals surface area contributed by atoms with Crippen LogP contribution in [0, 0.1) is 0 Å². The number of methoxy groups -OCH3 is 1. The van der Waals surface area contributed by atoms with Gasteiger partial charge in [0.15, 0.2) is 11.5 Å². The molecule has 1 N–H and O–H groups in total. The number of benzene rings is 2. The molecule has 0 saturated heterocycles. The van der Waals surface area contributed by atoms with E-state index in [1.54, 1.807) is 24.6 Å². The zero-order valence-corrected chi connectivity index (χ0v) is 19.8. The third-order valence-electron chi connectivity index (χ3n) is 4.99. The molecule has 0 aliphatic carbocycles. The van der Waals surface area contributed by atoms with Crippen molar-refractivity contribution in [3.8, 4) is 22.1 Å². The number of hydrogen-bond donors (Lipinski definition) is 1. The Bertz CT molecular complexity index is 969. The molecule has 6 nitrogen and oxygen atoms in total. The number of hydrogen-bond acceptors (Lipinski definition) is 6. The summed E-state index contributed by atoms with van der Waals surface area (Å²) < 4.78 is 11.4. The van der Waals surface area contributed by atoms with Crippen LogP contribution in [0.3, 0.4) is 0 Å². The smallest absolute Gasteiger partial charge is 0.255 e. The van der Waals surface area contributed by atoms with E-state index in [4.69, 9.17) is 9.47 Å². The number of carbonyl (C=O) groups excluding carboxylic acids is 1. The Balaban J connectivity index is 1.63. The zero-order chi connectivity index (χ0) is 22.8. The number of nitrogens with one attached hydrogen (secondary N) is 1.